The maximum atomic E-state index is 13.3. The van der Waals surface area contributed by atoms with Crippen molar-refractivity contribution in [2.45, 2.75) is 24.1 Å². The summed E-state index contributed by atoms with van der Waals surface area (Å²) in [5.41, 5.74) is 0.322. The lowest BCUT2D eigenvalue weighted by molar-refractivity contribution is -0.187. The van der Waals surface area contributed by atoms with E-state index in [1.807, 2.05) is 19.1 Å². The molecule has 0 amide bonds. The van der Waals surface area contributed by atoms with Gasteiger partial charge in [0, 0.05) is 21.0 Å². The molecular weight excluding hydrogens is 401 g/mol. The molecule has 0 saturated carbocycles. The van der Waals surface area contributed by atoms with Crippen LogP contribution in [-0.4, -0.2) is 29.1 Å². The molecule has 142 valence electrons. The molecule has 27 heavy (non-hydrogen) atoms. The second-order valence-corrected chi connectivity index (χ2v) is 7.55. The Morgan fingerprint density at radius 1 is 1.26 bits per heavy atom. The third-order valence-electron chi connectivity index (χ3n) is 3.93. The Kier molecular flexibility index (Phi) is 5.44. The highest BCUT2D eigenvalue weighted by atomic mass is 35.5. The normalized spacial score (nSPS) is 16.3. The molecule has 2 aromatic rings. The fourth-order valence-electron chi connectivity index (χ4n) is 2.81. The number of fused-ring (bicyclic) bond motifs is 1. The van der Waals surface area contributed by atoms with Crippen LogP contribution in [0.15, 0.2) is 46.9 Å². The summed E-state index contributed by atoms with van der Waals surface area (Å²) < 4.78 is 45.2. The SMILES string of the molecule is CCSc1ccc(-c2cc(Cl)cc3c2O[C@H](C(F)(F)F)C(C(=O)O)=C3)cc1. The summed E-state index contributed by atoms with van der Waals surface area (Å²) in [7, 11) is 0. The molecule has 1 aliphatic rings. The first-order valence-corrected chi connectivity index (χ1v) is 9.32. The van der Waals surface area contributed by atoms with Crippen LogP contribution in [-0.2, 0) is 4.79 Å². The van der Waals surface area contributed by atoms with Gasteiger partial charge in [-0.2, -0.15) is 13.2 Å². The molecule has 0 fully saturated rings. The first-order chi connectivity index (χ1) is 12.7. The molecule has 3 rings (SSSR count). The van der Waals surface area contributed by atoms with E-state index in [-0.39, 0.29) is 16.3 Å². The number of ether oxygens (including phenoxy) is 1. The summed E-state index contributed by atoms with van der Waals surface area (Å²) in [6.07, 6.45) is -6.44. The van der Waals surface area contributed by atoms with E-state index >= 15 is 0 Å². The number of benzene rings is 2. The Morgan fingerprint density at radius 2 is 1.93 bits per heavy atom. The molecule has 8 heteroatoms. The fraction of sp³-hybridized carbons (Fsp3) is 0.211. The Bertz CT molecular complexity index is 908. The molecule has 0 unspecified atom stereocenters. The molecule has 1 aliphatic heterocycles. The van der Waals surface area contributed by atoms with Gasteiger partial charge < -0.3 is 9.84 Å². The highest BCUT2D eigenvalue weighted by Crippen LogP contribution is 2.44. The number of carboxylic acid groups (broad SMARTS) is 1. The number of carboxylic acids is 1. The van der Waals surface area contributed by atoms with Crippen molar-refractivity contribution in [2.24, 2.45) is 0 Å². The van der Waals surface area contributed by atoms with Gasteiger partial charge in [-0.25, -0.2) is 4.79 Å². The maximum absolute atomic E-state index is 13.3. The second kappa shape index (κ2) is 7.48. The summed E-state index contributed by atoms with van der Waals surface area (Å²) in [5.74, 6) is -0.835. The molecule has 2 aromatic carbocycles. The van der Waals surface area contributed by atoms with E-state index < -0.39 is 23.8 Å². The summed E-state index contributed by atoms with van der Waals surface area (Å²) >= 11 is 7.75. The van der Waals surface area contributed by atoms with Crippen LogP contribution in [0.2, 0.25) is 5.02 Å². The van der Waals surface area contributed by atoms with E-state index in [2.05, 4.69) is 0 Å². The van der Waals surface area contributed by atoms with Crippen molar-refractivity contribution in [1.29, 1.82) is 0 Å². The molecule has 1 atom stereocenters. The van der Waals surface area contributed by atoms with Gasteiger partial charge in [0.25, 0.3) is 0 Å². The van der Waals surface area contributed by atoms with Crippen molar-refractivity contribution in [3.63, 3.8) is 0 Å². The van der Waals surface area contributed by atoms with E-state index in [9.17, 15) is 18.0 Å². The predicted molar refractivity (Wildman–Crippen MR) is 99.4 cm³/mol. The van der Waals surface area contributed by atoms with Gasteiger partial charge in [-0.15, -0.1) is 11.8 Å². The molecule has 1 heterocycles. The van der Waals surface area contributed by atoms with Crippen LogP contribution in [0.4, 0.5) is 13.2 Å². The summed E-state index contributed by atoms with van der Waals surface area (Å²) in [5, 5.41) is 9.42. The zero-order chi connectivity index (χ0) is 19.8. The summed E-state index contributed by atoms with van der Waals surface area (Å²) in [6, 6.07) is 10.2. The van der Waals surface area contributed by atoms with Gasteiger partial charge in [0.15, 0.2) is 0 Å². The van der Waals surface area contributed by atoms with E-state index in [0.29, 0.717) is 11.1 Å². The zero-order valence-electron chi connectivity index (χ0n) is 14.0. The zero-order valence-corrected chi connectivity index (χ0v) is 15.6. The maximum Gasteiger partial charge on any atom is 0.430 e. The van der Waals surface area contributed by atoms with Crippen LogP contribution in [0.25, 0.3) is 17.2 Å². The first kappa shape index (κ1) is 19.6. The topological polar surface area (TPSA) is 46.5 Å². The van der Waals surface area contributed by atoms with Crippen molar-refractivity contribution in [3.8, 4) is 16.9 Å². The fourth-order valence-corrected chi connectivity index (χ4v) is 3.70. The van der Waals surface area contributed by atoms with E-state index in [4.69, 9.17) is 21.4 Å². The van der Waals surface area contributed by atoms with Gasteiger partial charge >= 0.3 is 12.1 Å². The van der Waals surface area contributed by atoms with Gasteiger partial charge in [0.05, 0.1) is 5.57 Å². The Hall–Kier alpha value is -2.12. The van der Waals surface area contributed by atoms with Gasteiger partial charge in [0.1, 0.15) is 5.75 Å². The van der Waals surface area contributed by atoms with Crippen LogP contribution in [0.5, 0.6) is 5.75 Å². The van der Waals surface area contributed by atoms with Crippen LogP contribution in [0.3, 0.4) is 0 Å². The lowest BCUT2D eigenvalue weighted by atomic mass is 9.96. The van der Waals surface area contributed by atoms with Crippen LogP contribution >= 0.6 is 23.4 Å². The van der Waals surface area contributed by atoms with Crippen molar-refractivity contribution in [3.05, 3.63) is 52.6 Å². The number of carbonyl (C=O) groups is 1. The minimum atomic E-state index is -4.86. The lowest BCUT2D eigenvalue weighted by Gasteiger charge is -2.28. The van der Waals surface area contributed by atoms with Crippen LogP contribution < -0.4 is 4.74 Å². The van der Waals surface area contributed by atoms with Crippen molar-refractivity contribution < 1.29 is 27.8 Å². The molecule has 0 bridgehead atoms. The minimum absolute atomic E-state index is 0.0392. The average Bonchev–Trinajstić information content (AvgIpc) is 2.60. The first-order valence-electron chi connectivity index (χ1n) is 7.95. The third kappa shape index (κ3) is 4.09. The van der Waals surface area contributed by atoms with E-state index in [1.165, 1.54) is 12.1 Å². The third-order valence-corrected chi connectivity index (χ3v) is 5.04. The van der Waals surface area contributed by atoms with Gasteiger partial charge in [-0.05, 0) is 41.7 Å². The predicted octanol–water partition coefficient (Wildman–Crippen LogP) is 5.91. The molecule has 0 saturated heterocycles. The van der Waals surface area contributed by atoms with Crippen molar-refractivity contribution >= 4 is 35.4 Å². The van der Waals surface area contributed by atoms with Crippen molar-refractivity contribution in [1.82, 2.24) is 0 Å². The number of hydrogen-bond acceptors (Lipinski definition) is 3. The Labute approximate surface area is 162 Å². The largest absolute Gasteiger partial charge is 0.478 e. The number of halogens is 4. The Balaban J connectivity index is 2.14. The average molecular weight is 415 g/mol. The molecule has 0 aliphatic carbocycles. The van der Waals surface area contributed by atoms with Crippen LogP contribution in [0.1, 0.15) is 12.5 Å². The molecule has 1 N–H and O–H groups in total. The monoisotopic (exact) mass is 414 g/mol. The van der Waals surface area contributed by atoms with Crippen LogP contribution in [0, 0.1) is 0 Å². The quantitative estimate of drug-likeness (QED) is 0.632. The summed E-state index contributed by atoms with van der Waals surface area (Å²) in [4.78, 5) is 12.3. The number of hydrogen-bond donors (Lipinski definition) is 1. The van der Waals surface area contributed by atoms with Crippen molar-refractivity contribution in [2.75, 3.05) is 5.75 Å². The number of alkyl halides is 3. The molecular formula is C19H14ClF3O3S. The standard InChI is InChI=1S/C19H14ClF3O3S/c1-2-27-13-5-3-10(4-6-13)14-9-12(20)7-11-8-15(18(24)25)17(19(21,22)23)26-16(11)14/h3-9,17H,2H2,1H3,(H,24,25)/t17-/m0/s1. The number of aliphatic carboxylic acids is 1. The molecule has 3 nitrogen and oxygen atoms in total. The Morgan fingerprint density at radius 3 is 2.48 bits per heavy atom. The molecule has 0 spiro atoms. The number of rotatable bonds is 4. The smallest absolute Gasteiger partial charge is 0.430 e. The second-order valence-electron chi connectivity index (χ2n) is 5.77. The summed E-state index contributed by atoms with van der Waals surface area (Å²) in [6.45, 7) is 2.02. The van der Waals surface area contributed by atoms with Gasteiger partial charge in [0.2, 0.25) is 6.10 Å². The van der Waals surface area contributed by atoms with Gasteiger partial charge in [-0.1, -0.05) is 30.7 Å². The van der Waals surface area contributed by atoms with E-state index in [1.54, 1.807) is 23.9 Å². The minimum Gasteiger partial charge on any atom is -0.478 e. The van der Waals surface area contributed by atoms with E-state index in [0.717, 1.165) is 16.7 Å². The van der Waals surface area contributed by atoms with Gasteiger partial charge in [-0.3, -0.25) is 0 Å². The molecule has 0 aromatic heterocycles. The highest BCUT2D eigenvalue weighted by molar-refractivity contribution is 7.99. The highest BCUT2D eigenvalue weighted by Gasteiger charge is 2.48. The molecule has 0 radical (unpaired) electrons. The number of thioether (sulfide) groups is 1. The lowest BCUT2D eigenvalue weighted by Crippen LogP contribution is -2.40.